The van der Waals surface area contributed by atoms with E-state index in [2.05, 4.69) is 36.4 Å². The average molecular weight is 328 g/mol. The zero-order valence-electron chi connectivity index (χ0n) is 13.5. The first-order valence-electron chi connectivity index (χ1n) is 8.54. The number of ether oxygens (including phenoxy) is 1. The van der Waals surface area contributed by atoms with Gasteiger partial charge in [0.15, 0.2) is 0 Å². The first kappa shape index (κ1) is 14.4. The minimum atomic E-state index is -0.371. The summed E-state index contributed by atoms with van der Waals surface area (Å²) in [5, 5.41) is 0. The Labute approximate surface area is 145 Å². The van der Waals surface area contributed by atoms with Gasteiger partial charge in [0.25, 0.3) is 0 Å². The summed E-state index contributed by atoms with van der Waals surface area (Å²) >= 11 is 0. The number of hydrogen-bond donors (Lipinski definition) is 0. The van der Waals surface area contributed by atoms with E-state index in [-0.39, 0.29) is 35.6 Å². The lowest BCUT2D eigenvalue weighted by molar-refractivity contribution is -0.154. The summed E-state index contributed by atoms with van der Waals surface area (Å²) in [5.41, 5.74) is 4.54. The molecule has 5 rings (SSSR count). The number of esters is 2. The molecule has 2 aromatic carbocycles. The van der Waals surface area contributed by atoms with Gasteiger partial charge in [-0.3, -0.25) is 9.59 Å². The van der Waals surface area contributed by atoms with Crippen molar-refractivity contribution in [1.29, 1.82) is 0 Å². The Morgan fingerprint density at radius 1 is 0.680 bits per heavy atom. The van der Waals surface area contributed by atoms with Gasteiger partial charge in [0.05, 0.1) is 11.8 Å². The van der Waals surface area contributed by atoms with Crippen LogP contribution >= 0.6 is 0 Å². The monoisotopic (exact) mass is 328 g/mol. The number of benzene rings is 2. The highest BCUT2D eigenvalue weighted by Crippen LogP contribution is 2.57. The summed E-state index contributed by atoms with van der Waals surface area (Å²) < 4.78 is 4.91. The third-order valence-corrected chi connectivity index (χ3v) is 5.56. The summed E-state index contributed by atoms with van der Waals surface area (Å²) in [5.74, 6) is -1.57. The van der Waals surface area contributed by atoms with Crippen molar-refractivity contribution >= 4 is 17.5 Å². The lowest BCUT2D eigenvalue weighted by atomic mass is 9.85. The maximum atomic E-state index is 12.2. The zero-order chi connectivity index (χ0) is 17.0. The lowest BCUT2D eigenvalue weighted by Gasteiger charge is -2.18. The second-order valence-electron chi connectivity index (χ2n) is 6.79. The standard InChI is InChI=1S/C22H16O3/c23-21-19-15-11-12-16(20(19)22(24)25-21)18(15)17(13-7-3-1-4-8-13)14-9-5-2-6-10-14/h1-12,15-16,19-20H/t15-,16-,19-,20+/m1/s1. The molecule has 0 unspecified atom stereocenters. The van der Waals surface area contributed by atoms with Crippen molar-refractivity contribution < 1.29 is 14.3 Å². The van der Waals surface area contributed by atoms with Crippen molar-refractivity contribution in [1.82, 2.24) is 0 Å². The largest absolute Gasteiger partial charge is 0.393 e. The topological polar surface area (TPSA) is 43.4 Å². The van der Waals surface area contributed by atoms with Gasteiger partial charge in [-0.05, 0) is 22.3 Å². The molecule has 122 valence electrons. The minimum Gasteiger partial charge on any atom is -0.393 e. The van der Waals surface area contributed by atoms with Crippen molar-refractivity contribution in [3.05, 3.63) is 89.5 Å². The molecule has 1 saturated heterocycles. The highest BCUT2D eigenvalue weighted by atomic mass is 16.6. The van der Waals surface area contributed by atoms with Crippen LogP contribution in [0.5, 0.6) is 0 Å². The molecule has 2 fully saturated rings. The fourth-order valence-electron chi connectivity index (χ4n) is 4.61. The van der Waals surface area contributed by atoms with Gasteiger partial charge in [0.2, 0.25) is 0 Å². The Bertz CT molecular complexity index is 851. The van der Waals surface area contributed by atoms with E-state index in [0.717, 1.165) is 16.7 Å². The highest BCUT2D eigenvalue weighted by molar-refractivity contribution is 6.00. The summed E-state index contributed by atoms with van der Waals surface area (Å²) in [6, 6.07) is 20.4. The quantitative estimate of drug-likeness (QED) is 0.480. The Morgan fingerprint density at radius 3 is 1.56 bits per heavy atom. The summed E-state index contributed by atoms with van der Waals surface area (Å²) in [6.07, 6.45) is 4.15. The SMILES string of the molecule is O=C1OC(=O)[C@H]2[C@@H]1[C@@H]1C=C[C@@H]2C1=C(c1ccccc1)c1ccccc1. The van der Waals surface area contributed by atoms with Gasteiger partial charge in [-0.2, -0.15) is 0 Å². The van der Waals surface area contributed by atoms with E-state index in [1.807, 2.05) is 36.4 Å². The number of fused-ring (bicyclic) bond motifs is 5. The van der Waals surface area contributed by atoms with Gasteiger partial charge in [0.1, 0.15) is 0 Å². The molecule has 25 heavy (non-hydrogen) atoms. The zero-order valence-corrected chi connectivity index (χ0v) is 13.5. The van der Waals surface area contributed by atoms with E-state index in [1.165, 1.54) is 5.57 Å². The fourth-order valence-corrected chi connectivity index (χ4v) is 4.61. The molecular formula is C22H16O3. The van der Waals surface area contributed by atoms with Crippen LogP contribution in [0.25, 0.3) is 5.57 Å². The lowest BCUT2D eigenvalue weighted by Crippen LogP contribution is -2.21. The van der Waals surface area contributed by atoms with E-state index in [0.29, 0.717) is 0 Å². The molecular weight excluding hydrogens is 312 g/mol. The molecule has 0 amide bonds. The Balaban J connectivity index is 1.75. The maximum Gasteiger partial charge on any atom is 0.318 e. The predicted octanol–water partition coefficient (Wildman–Crippen LogP) is 3.62. The molecule has 1 saturated carbocycles. The molecule has 0 N–H and O–H groups in total. The van der Waals surface area contributed by atoms with Crippen LogP contribution in [0.15, 0.2) is 78.4 Å². The normalized spacial score (nSPS) is 29.0. The van der Waals surface area contributed by atoms with Crippen LogP contribution in [0, 0.1) is 23.7 Å². The van der Waals surface area contributed by atoms with E-state index < -0.39 is 0 Å². The number of carbonyl (C=O) groups is 2. The second kappa shape index (κ2) is 5.28. The Hall–Kier alpha value is -2.94. The Morgan fingerprint density at radius 2 is 1.12 bits per heavy atom. The molecule has 2 aliphatic carbocycles. The molecule has 0 radical (unpaired) electrons. The van der Waals surface area contributed by atoms with Crippen molar-refractivity contribution in [2.75, 3.05) is 0 Å². The third kappa shape index (κ3) is 1.99. The van der Waals surface area contributed by atoms with Crippen molar-refractivity contribution in [2.45, 2.75) is 0 Å². The molecule has 1 aliphatic heterocycles. The molecule has 0 aromatic heterocycles. The summed E-state index contributed by atoms with van der Waals surface area (Å²) in [6.45, 7) is 0. The number of rotatable bonds is 2. The molecule has 4 atom stereocenters. The summed E-state index contributed by atoms with van der Waals surface area (Å²) in [4.78, 5) is 24.4. The third-order valence-electron chi connectivity index (χ3n) is 5.56. The first-order valence-corrected chi connectivity index (χ1v) is 8.54. The van der Waals surface area contributed by atoms with Gasteiger partial charge >= 0.3 is 11.9 Å². The molecule has 2 bridgehead atoms. The molecule has 2 aromatic rings. The van der Waals surface area contributed by atoms with E-state index in [1.54, 1.807) is 0 Å². The fraction of sp³-hybridized carbons (Fsp3) is 0.182. The Kier molecular flexibility index (Phi) is 3.04. The van der Waals surface area contributed by atoms with Crippen molar-refractivity contribution in [3.8, 4) is 0 Å². The average Bonchev–Trinajstić information content (AvgIpc) is 3.29. The van der Waals surface area contributed by atoms with Gasteiger partial charge in [-0.25, -0.2) is 0 Å². The van der Waals surface area contributed by atoms with Crippen LogP contribution in [0.2, 0.25) is 0 Å². The molecule has 1 heterocycles. The number of carbonyl (C=O) groups excluding carboxylic acids is 2. The number of hydrogen-bond acceptors (Lipinski definition) is 3. The van der Waals surface area contributed by atoms with Gasteiger partial charge < -0.3 is 4.74 Å². The molecule has 3 heteroatoms. The van der Waals surface area contributed by atoms with Crippen LogP contribution < -0.4 is 0 Å². The van der Waals surface area contributed by atoms with Crippen LogP contribution in [0.1, 0.15) is 11.1 Å². The molecule has 3 nitrogen and oxygen atoms in total. The van der Waals surface area contributed by atoms with E-state index in [9.17, 15) is 9.59 Å². The highest BCUT2D eigenvalue weighted by Gasteiger charge is 2.61. The van der Waals surface area contributed by atoms with Gasteiger partial charge in [-0.15, -0.1) is 0 Å². The second-order valence-corrected chi connectivity index (χ2v) is 6.79. The van der Waals surface area contributed by atoms with Crippen molar-refractivity contribution in [2.24, 2.45) is 23.7 Å². The number of cyclic esters (lactones) is 2. The van der Waals surface area contributed by atoms with E-state index in [4.69, 9.17) is 4.74 Å². The maximum absolute atomic E-state index is 12.2. The first-order chi connectivity index (χ1) is 12.3. The van der Waals surface area contributed by atoms with Crippen LogP contribution in [-0.2, 0) is 14.3 Å². The van der Waals surface area contributed by atoms with Crippen LogP contribution in [0.3, 0.4) is 0 Å². The predicted molar refractivity (Wildman–Crippen MR) is 93.1 cm³/mol. The number of allylic oxidation sites excluding steroid dienone is 3. The van der Waals surface area contributed by atoms with Gasteiger partial charge in [-0.1, -0.05) is 72.8 Å². The smallest absolute Gasteiger partial charge is 0.318 e. The molecule has 3 aliphatic rings. The molecule has 0 spiro atoms. The van der Waals surface area contributed by atoms with Crippen LogP contribution in [-0.4, -0.2) is 11.9 Å². The summed E-state index contributed by atoms with van der Waals surface area (Å²) in [7, 11) is 0. The van der Waals surface area contributed by atoms with Gasteiger partial charge in [0, 0.05) is 11.8 Å². The van der Waals surface area contributed by atoms with Crippen LogP contribution in [0.4, 0.5) is 0 Å². The van der Waals surface area contributed by atoms with E-state index >= 15 is 0 Å². The van der Waals surface area contributed by atoms with Crippen molar-refractivity contribution in [3.63, 3.8) is 0 Å². The minimum absolute atomic E-state index is 0.0515.